The van der Waals surface area contributed by atoms with E-state index in [4.69, 9.17) is 14.2 Å². The van der Waals surface area contributed by atoms with Gasteiger partial charge in [0.1, 0.15) is 6.08 Å². The standard InChI is InChI=1S/C27H29NO3/c1-3-8-22(9-4-1)27(23-10-5-2-6-11-23)31-24-12-7-16-28(19-24)17-15-21-13-14-25-26(18-21)30-20-29-25/h1-6,8-11,13-14,18,24,27H,7,12,15-17,19-20H2/t24-/m1/s1/i27D. The van der Waals surface area contributed by atoms with Crippen molar-refractivity contribution >= 4 is 0 Å². The number of ether oxygens (including phenoxy) is 3. The van der Waals surface area contributed by atoms with Crippen molar-refractivity contribution in [3.05, 3.63) is 95.6 Å². The van der Waals surface area contributed by atoms with Crippen LogP contribution in [0.4, 0.5) is 0 Å². The molecule has 0 radical (unpaired) electrons. The molecule has 5 rings (SSSR count). The Morgan fingerprint density at radius 1 is 0.935 bits per heavy atom. The van der Waals surface area contributed by atoms with Crippen LogP contribution in [0, 0.1) is 0 Å². The predicted molar refractivity (Wildman–Crippen MR) is 122 cm³/mol. The molecular weight excluding hydrogens is 386 g/mol. The molecule has 31 heavy (non-hydrogen) atoms. The maximum absolute atomic E-state index is 9.35. The second-order valence-corrected chi connectivity index (χ2v) is 8.18. The van der Waals surface area contributed by atoms with Gasteiger partial charge in [-0.25, -0.2) is 0 Å². The van der Waals surface area contributed by atoms with Crippen molar-refractivity contribution in [2.45, 2.75) is 31.4 Å². The molecule has 4 nitrogen and oxygen atoms in total. The molecule has 0 spiro atoms. The van der Waals surface area contributed by atoms with Crippen LogP contribution in [0.1, 0.15) is 37.0 Å². The molecule has 0 aliphatic carbocycles. The molecule has 4 heteroatoms. The largest absolute Gasteiger partial charge is 0.454 e. The second-order valence-electron chi connectivity index (χ2n) is 8.18. The molecule has 0 bridgehead atoms. The molecule has 1 saturated heterocycles. The van der Waals surface area contributed by atoms with Crippen molar-refractivity contribution in [3.8, 4) is 11.5 Å². The van der Waals surface area contributed by atoms with Crippen LogP contribution in [0.25, 0.3) is 0 Å². The Bertz CT molecular complexity index is 988. The molecular formula is C27H29NO3. The van der Waals surface area contributed by atoms with Gasteiger partial charge in [0.2, 0.25) is 6.79 Å². The van der Waals surface area contributed by atoms with Gasteiger partial charge in [0.25, 0.3) is 0 Å². The van der Waals surface area contributed by atoms with Crippen LogP contribution in [0.5, 0.6) is 11.5 Å². The normalized spacial score (nSPS) is 19.2. The van der Waals surface area contributed by atoms with Gasteiger partial charge in [0, 0.05) is 13.1 Å². The smallest absolute Gasteiger partial charge is 0.231 e. The van der Waals surface area contributed by atoms with E-state index in [-0.39, 0.29) is 6.10 Å². The number of likely N-dealkylation sites (tertiary alicyclic amines) is 1. The van der Waals surface area contributed by atoms with Crippen LogP contribution in [-0.2, 0) is 11.2 Å². The lowest BCUT2D eigenvalue weighted by atomic mass is 10.00. The molecule has 1 atom stereocenters. The fraction of sp³-hybridized carbons (Fsp3) is 0.333. The lowest BCUT2D eigenvalue weighted by molar-refractivity contribution is -0.0330. The number of benzene rings is 3. The zero-order chi connectivity index (χ0) is 21.8. The first-order valence-electron chi connectivity index (χ1n) is 11.6. The highest BCUT2D eigenvalue weighted by Crippen LogP contribution is 2.33. The van der Waals surface area contributed by atoms with Crippen molar-refractivity contribution < 1.29 is 15.6 Å². The van der Waals surface area contributed by atoms with E-state index in [0.717, 1.165) is 61.5 Å². The third kappa shape index (κ3) is 4.92. The van der Waals surface area contributed by atoms with Crippen LogP contribution in [-0.4, -0.2) is 37.4 Å². The Kier molecular flexibility index (Phi) is 5.82. The predicted octanol–water partition coefficient (Wildman–Crippen LogP) is 5.23. The fourth-order valence-electron chi connectivity index (χ4n) is 4.34. The van der Waals surface area contributed by atoms with E-state index >= 15 is 0 Å². The van der Waals surface area contributed by atoms with Crippen molar-refractivity contribution in [3.63, 3.8) is 0 Å². The van der Waals surface area contributed by atoms with Gasteiger partial charge < -0.3 is 19.1 Å². The summed E-state index contributed by atoms with van der Waals surface area (Å²) in [6.07, 6.45) is 1.80. The van der Waals surface area contributed by atoms with Crippen LogP contribution in [0.3, 0.4) is 0 Å². The maximum atomic E-state index is 9.35. The zero-order valence-corrected chi connectivity index (χ0v) is 17.7. The number of nitrogens with zero attached hydrogens (tertiary/aromatic N) is 1. The highest BCUT2D eigenvalue weighted by atomic mass is 16.7. The highest BCUT2D eigenvalue weighted by Gasteiger charge is 2.25. The number of hydrogen-bond acceptors (Lipinski definition) is 4. The van der Waals surface area contributed by atoms with E-state index in [1.165, 1.54) is 5.56 Å². The average molecular weight is 417 g/mol. The Morgan fingerprint density at radius 2 is 1.65 bits per heavy atom. The van der Waals surface area contributed by atoms with Crippen LogP contribution in [0.2, 0.25) is 0 Å². The van der Waals surface area contributed by atoms with Gasteiger partial charge in [0.15, 0.2) is 11.5 Å². The van der Waals surface area contributed by atoms with Crippen LogP contribution >= 0.6 is 0 Å². The SMILES string of the molecule is [2H]C(O[C@@H]1CCCN(CCc2ccc3c(c2)OCO3)C1)(c1ccccc1)c1ccccc1. The Morgan fingerprint density at radius 3 is 2.39 bits per heavy atom. The summed E-state index contributed by atoms with van der Waals surface area (Å²) < 4.78 is 26.9. The summed E-state index contributed by atoms with van der Waals surface area (Å²) >= 11 is 0. The number of fused-ring (bicyclic) bond motifs is 1. The second kappa shape index (κ2) is 9.54. The zero-order valence-electron chi connectivity index (χ0n) is 18.7. The molecule has 0 saturated carbocycles. The lowest BCUT2D eigenvalue weighted by Crippen LogP contribution is -2.41. The van der Waals surface area contributed by atoms with E-state index in [1.54, 1.807) is 0 Å². The Hall–Kier alpha value is -2.82. The van der Waals surface area contributed by atoms with Gasteiger partial charge in [0.05, 0.1) is 7.47 Å². The molecule has 0 aromatic heterocycles. The van der Waals surface area contributed by atoms with E-state index in [9.17, 15) is 1.37 Å². The summed E-state index contributed by atoms with van der Waals surface area (Å²) in [6.45, 7) is 3.17. The van der Waals surface area contributed by atoms with Gasteiger partial charge in [-0.15, -0.1) is 0 Å². The van der Waals surface area contributed by atoms with Gasteiger partial charge in [-0.1, -0.05) is 66.7 Å². The monoisotopic (exact) mass is 416 g/mol. The Labute approximate surface area is 185 Å². The van der Waals surface area contributed by atoms with Crippen molar-refractivity contribution in [2.24, 2.45) is 0 Å². The van der Waals surface area contributed by atoms with E-state index in [2.05, 4.69) is 17.0 Å². The molecule has 3 aromatic carbocycles. The highest BCUT2D eigenvalue weighted by molar-refractivity contribution is 5.44. The van der Waals surface area contributed by atoms with Crippen molar-refractivity contribution in [2.75, 3.05) is 26.4 Å². The summed E-state index contributed by atoms with van der Waals surface area (Å²) in [5.41, 5.74) is 2.98. The number of piperidine rings is 1. The molecule has 0 unspecified atom stereocenters. The van der Waals surface area contributed by atoms with Gasteiger partial charge >= 0.3 is 0 Å². The first kappa shape index (κ1) is 18.9. The fourth-order valence-corrected chi connectivity index (χ4v) is 4.34. The first-order chi connectivity index (χ1) is 15.7. The number of rotatable bonds is 7. The summed E-state index contributed by atoms with van der Waals surface area (Å²) in [5.74, 6) is 1.67. The summed E-state index contributed by atoms with van der Waals surface area (Å²) in [5, 5.41) is 0. The van der Waals surface area contributed by atoms with Gasteiger partial charge in [-0.2, -0.15) is 0 Å². The van der Waals surface area contributed by atoms with E-state index < -0.39 is 6.08 Å². The van der Waals surface area contributed by atoms with Gasteiger partial charge in [-0.05, 0) is 54.6 Å². The quantitative estimate of drug-likeness (QED) is 0.528. The maximum Gasteiger partial charge on any atom is 0.231 e. The molecule has 3 aromatic rings. The molecule has 160 valence electrons. The summed E-state index contributed by atoms with van der Waals surface area (Å²) in [4.78, 5) is 2.45. The van der Waals surface area contributed by atoms with E-state index in [1.807, 2.05) is 66.7 Å². The molecule has 0 amide bonds. The number of hydrogen-bond donors (Lipinski definition) is 0. The molecule has 2 heterocycles. The molecule has 1 fully saturated rings. The molecule has 0 N–H and O–H groups in total. The minimum atomic E-state index is -1.21. The summed E-state index contributed by atoms with van der Waals surface area (Å²) in [7, 11) is 0. The molecule has 2 aliphatic rings. The minimum Gasteiger partial charge on any atom is -0.454 e. The average Bonchev–Trinajstić information content (AvgIpc) is 3.32. The van der Waals surface area contributed by atoms with Crippen molar-refractivity contribution in [1.29, 1.82) is 0 Å². The van der Waals surface area contributed by atoms with Crippen LogP contribution < -0.4 is 9.47 Å². The van der Waals surface area contributed by atoms with Gasteiger partial charge in [-0.3, -0.25) is 0 Å². The van der Waals surface area contributed by atoms with Crippen molar-refractivity contribution in [1.82, 2.24) is 4.90 Å². The lowest BCUT2D eigenvalue weighted by Gasteiger charge is -2.35. The van der Waals surface area contributed by atoms with E-state index in [0.29, 0.717) is 6.79 Å². The van der Waals surface area contributed by atoms with Crippen LogP contribution in [0.15, 0.2) is 78.9 Å². The summed E-state index contributed by atoms with van der Waals surface area (Å²) in [6, 6.07) is 26.0. The Balaban J connectivity index is 1.27. The minimum absolute atomic E-state index is 0.0124. The third-order valence-electron chi connectivity index (χ3n) is 5.97. The third-order valence-corrected chi connectivity index (χ3v) is 5.97. The topological polar surface area (TPSA) is 30.9 Å². The molecule has 2 aliphatic heterocycles. The first-order valence-corrected chi connectivity index (χ1v) is 11.1.